The number of phenols is 1. The van der Waals surface area contributed by atoms with Gasteiger partial charge in [0.2, 0.25) is 0 Å². The molecule has 5 aromatic carbocycles. The van der Waals surface area contributed by atoms with E-state index in [2.05, 4.69) is 0 Å². The smallest absolute Gasteiger partial charge is 0.416 e. The molecule has 0 spiro atoms. The van der Waals surface area contributed by atoms with Crippen molar-refractivity contribution in [1.82, 2.24) is 0 Å². The van der Waals surface area contributed by atoms with Gasteiger partial charge in [0.05, 0.1) is 5.56 Å². The summed E-state index contributed by atoms with van der Waals surface area (Å²) in [4.78, 5) is 0. The molecule has 0 atom stereocenters. The van der Waals surface area contributed by atoms with Crippen LogP contribution in [0.15, 0.2) is 72.8 Å². The van der Waals surface area contributed by atoms with Crippen molar-refractivity contribution in [3.05, 3.63) is 78.4 Å². The number of rotatable bonds is 1. The van der Waals surface area contributed by atoms with E-state index >= 15 is 0 Å². The first-order valence-corrected chi connectivity index (χ1v) is 8.50. The molecule has 4 heteroatoms. The Labute approximate surface area is 152 Å². The molecule has 0 aromatic heterocycles. The number of halogens is 3. The van der Waals surface area contributed by atoms with Crippen molar-refractivity contribution in [3.63, 3.8) is 0 Å². The van der Waals surface area contributed by atoms with Crippen molar-refractivity contribution >= 4 is 32.3 Å². The zero-order valence-corrected chi connectivity index (χ0v) is 14.0. The molecule has 0 bridgehead atoms. The van der Waals surface area contributed by atoms with Gasteiger partial charge in [0.1, 0.15) is 5.75 Å². The van der Waals surface area contributed by atoms with Crippen molar-refractivity contribution in [2.75, 3.05) is 0 Å². The molecule has 5 aromatic rings. The summed E-state index contributed by atoms with van der Waals surface area (Å²) >= 11 is 0. The van der Waals surface area contributed by atoms with Crippen LogP contribution < -0.4 is 0 Å². The molecule has 0 aliphatic carbocycles. The lowest BCUT2D eigenvalue weighted by molar-refractivity contribution is -0.137. The Morgan fingerprint density at radius 1 is 0.667 bits per heavy atom. The summed E-state index contributed by atoms with van der Waals surface area (Å²) in [5, 5.41) is 16.7. The molecule has 0 aliphatic rings. The first kappa shape index (κ1) is 15.9. The van der Waals surface area contributed by atoms with Crippen LogP contribution in [-0.2, 0) is 6.18 Å². The molecule has 1 nitrogen and oxygen atoms in total. The predicted octanol–water partition coefficient (Wildman–Crippen LogP) is 6.98. The number of aromatic hydroxyl groups is 1. The number of hydrogen-bond acceptors (Lipinski definition) is 1. The zero-order chi connectivity index (χ0) is 18.8. The summed E-state index contributed by atoms with van der Waals surface area (Å²) < 4.78 is 38.6. The Kier molecular flexibility index (Phi) is 3.17. The quantitative estimate of drug-likeness (QED) is 0.319. The van der Waals surface area contributed by atoms with Crippen molar-refractivity contribution < 1.29 is 18.3 Å². The van der Waals surface area contributed by atoms with Crippen molar-refractivity contribution in [3.8, 4) is 16.9 Å². The highest BCUT2D eigenvalue weighted by molar-refractivity contribution is 6.26. The second kappa shape index (κ2) is 5.36. The van der Waals surface area contributed by atoms with Gasteiger partial charge in [0.25, 0.3) is 0 Å². The Morgan fingerprint density at radius 3 is 1.96 bits per heavy atom. The van der Waals surface area contributed by atoms with E-state index in [0.29, 0.717) is 11.1 Å². The van der Waals surface area contributed by atoms with Crippen molar-refractivity contribution in [2.45, 2.75) is 6.18 Å². The van der Waals surface area contributed by atoms with Gasteiger partial charge >= 0.3 is 6.18 Å². The molecule has 0 fully saturated rings. The Hall–Kier alpha value is -3.27. The molecule has 0 aliphatic heterocycles. The van der Waals surface area contributed by atoms with Crippen LogP contribution in [-0.4, -0.2) is 5.11 Å². The number of hydrogen-bond donors (Lipinski definition) is 1. The van der Waals surface area contributed by atoms with E-state index in [-0.39, 0.29) is 5.75 Å². The molecule has 5 rings (SSSR count). The van der Waals surface area contributed by atoms with E-state index in [9.17, 15) is 18.3 Å². The minimum absolute atomic E-state index is 0.0561. The van der Waals surface area contributed by atoms with Gasteiger partial charge in [0.15, 0.2) is 0 Å². The average Bonchev–Trinajstić information content (AvgIpc) is 2.65. The van der Waals surface area contributed by atoms with E-state index in [0.717, 1.165) is 44.5 Å². The third-order valence-electron chi connectivity index (χ3n) is 5.13. The predicted molar refractivity (Wildman–Crippen MR) is 102 cm³/mol. The van der Waals surface area contributed by atoms with Crippen LogP contribution in [0.5, 0.6) is 5.75 Å². The molecule has 1 N–H and O–H groups in total. The average molecular weight is 362 g/mol. The molecule has 0 saturated carbocycles. The first-order valence-electron chi connectivity index (χ1n) is 8.50. The SMILES string of the molecule is Oc1cc2ccc3cccc4ccc(c1-c1ccc(C(F)(F)F)cc1)c2c34. The van der Waals surface area contributed by atoms with Gasteiger partial charge in [-0.1, -0.05) is 54.6 Å². The molecule has 27 heavy (non-hydrogen) atoms. The van der Waals surface area contributed by atoms with Gasteiger partial charge in [-0.05, 0) is 56.1 Å². The molecule has 0 radical (unpaired) electrons. The number of alkyl halides is 3. The summed E-state index contributed by atoms with van der Waals surface area (Å²) in [7, 11) is 0. The van der Waals surface area contributed by atoms with Crippen LogP contribution in [0.1, 0.15) is 5.56 Å². The molecule has 0 heterocycles. The zero-order valence-electron chi connectivity index (χ0n) is 14.0. The van der Waals surface area contributed by atoms with E-state index in [4.69, 9.17) is 0 Å². The van der Waals surface area contributed by atoms with E-state index in [1.54, 1.807) is 6.07 Å². The Balaban J connectivity index is 1.85. The summed E-state index contributed by atoms with van der Waals surface area (Å²) in [6.07, 6.45) is -4.39. The second-order valence-corrected chi connectivity index (χ2v) is 6.70. The van der Waals surface area contributed by atoms with Gasteiger partial charge < -0.3 is 5.11 Å². The van der Waals surface area contributed by atoms with Crippen molar-refractivity contribution in [1.29, 1.82) is 0 Å². The second-order valence-electron chi connectivity index (χ2n) is 6.70. The maximum absolute atomic E-state index is 12.9. The highest BCUT2D eigenvalue weighted by Crippen LogP contribution is 2.44. The highest BCUT2D eigenvalue weighted by Gasteiger charge is 2.30. The fraction of sp³-hybridized carbons (Fsp3) is 0.0435. The third-order valence-corrected chi connectivity index (χ3v) is 5.13. The van der Waals surface area contributed by atoms with E-state index in [1.165, 1.54) is 12.1 Å². The molecular weight excluding hydrogens is 349 g/mol. The first-order chi connectivity index (χ1) is 12.9. The van der Waals surface area contributed by atoms with Crippen LogP contribution in [0.3, 0.4) is 0 Å². The normalized spacial score (nSPS) is 12.4. The van der Waals surface area contributed by atoms with Gasteiger partial charge in [0, 0.05) is 5.56 Å². The van der Waals surface area contributed by atoms with Crippen LogP contribution in [0.4, 0.5) is 13.2 Å². The minimum atomic E-state index is -4.39. The largest absolute Gasteiger partial charge is 0.507 e. The summed E-state index contributed by atoms with van der Waals surface area (Å²) in [5.74, 6) is 0.0561. The standard InChI is InChI=1S/C23H13F3O/c24-23(25,26)17-9-6-15(7-10-17)21-18-11-8-14-3-1-2-13-4-5-16(12-19(21)27)22(18)20(13)14/h1-12,27H. The molecular formula is C23H13F3O. The maximum atomic E-state index is 12.9. The Morgan fingerprint density at radius 2 is 1.30 bits per heavy atom. The summed E-state index contributed by atoms with van der Waals surface area (Å²) in [5.41, 5.74) is 0.399. The fourth-order valence-electron chi connectivity index (χ4n) is 3.92. The van der Waals surface area contributed by atoms with Crippen LogP contribution in [0, 0.1) is 0 Å². The number of benzene rings is 5. The lowest BCUT2D eigenvalue weighted by Gasteiger charge is -2.16. The summed E-state index contributed by atoms with van der Waals surface area (Å²) in [6.45, 7) is 0. The maximum Gasteiger partial charge on any atom is 0.416 e. The fourth-order valence-corrected chi connectivity index (χ4v) is 3.92. The van der Waals surface area contributed by atoms with Crippen molar-refractivity contribution in [2.24, 2.45) is 0 Å². The van der Waals surface area contributed by atoms with E-state index < -0.39 is 11.7 Å². The highest BCUT2D eigenvalue weighted by atomic mass is 19.4. The molecule has 132 valence electrons. The van der Waals surface area contributed by atoms with Crippen LogP contribution in [0.25, 0.3) is 43.4 Å². The van der Waals surface area contributed by atoms with Gasteiger partial charge in [-0.3, -0.25) is 0 Å². The topological polar surface area (TPSA) is 20.2 Å². The van der Waals surface area contributed by atoms with Gasteiger partial charge in [-0.15, -0.1) is 0 Å². The molecule has 0 saturated heterocycles. The lowest BCUT2D eigenvalue weighted by atomic mass is 9.89. The van der Waals surface area contributed by atoms with E-state index in [1.807, 2.05) is 42.5 Å². The lowest BCUT2D eigenvalue weighted by Crippen LogP contribution is -2.04. The molecule has 0 unspecified atom stereocenters. The monoisotopic (exact) mass is 362 g/mol. The molecule has 0 amide bonds. The van der Waals surface area contributed by atoms with Crippen LogP contribution >= 0.6 is 0 Å². The van der Waals surface area contributed by atoms with Gasteiger partial charge in [-0.2, -0.15) is 13.2 Å². The van der Waals surface area contributed by atoms with Crippen LogP contribution in [0.2, 0.25) is 0 Å². The van der Waals surface area contributed by atoms with Gasteiger partial charge in [-0.25, -0.2) is 0 Å². The Bertz CT molecular complexity index is 1290. The third kappa shape index (κ3) is 2.33. The number of phenolic OH excluding ortho intramolecular Hbond substituents is 1. The summed E-state index contributed by atoms with van der Waals surface area (Å²) in [6, 6.07) is 20.5. The minimum Gasteiger partial charge on any atom is -0.507 e.